The van der Waals surface area contributed by atoms with Gasteiger partial charge in [0.1, 0.15) is 4.90 Å². The van der Waals surface area contributed by atoms with Crippen molar-refractivity contribution in [1.82, 2.24) is 0 Å². The monoisotopic (exact) mass is 292 g/mol. The Bertz CT molecular complexity index is 620. The predicted octanol–water partition coefficient (Wildman–Crippen LogP) is 1.23. The third-order valence-electron chi connectivity index (χ3n) is 2.88. The van der Waals surface area contributed by atoms with Gasteiger partial charge in [-0.3, -0.25) is 0 Å². The van der Waals surface area contributed by atoms with Crippen LogP contribution in [0.3, 0.4) is 0 Å². The molecule has 1 aliphatic heterocycles. The van der Waals surface area contributed by atoms with Crippen molar-refractivity contribution in [1.29, 1.82) is 0 Å². The minimum Gasteiger partial charge on any atom is -0.478 e. The number of carboxylic acids is 1. The van der Waals surface area contributed by atoms with Crippen LogP contribution in [0.5, 0.6) is 0 Å². The molecule has 1 aromatic carbocycles. The quantitative estimate of drug-likeness (QED) is 0.906. The molecule has 1 atom stereocenters. The van der Waals surface area contributed by atoms with Crippen LogP contribution in [0.2, 0.25) is 0 Å². The van der Waals surface area contributed by atoms with E-state index in [-0.39, 0.29) is 19.6 Å². The van der Waals surface area contributed by atoms with Gasteiger partial charge in [-0.2, -0.15) is 0 Å². The number of rotatable bonds is 3. The topological polar surface area (TPSA) is 80.7 Å². The Morgan fingerprint density at radius 2 is 2.05 bits per heavy atom. The second-order valence-electron chi connectivity index (χ2n) is 4.11. The first-order chi connectivity index (χ1) is 8.84. The normalized spacial score (nSPS) is 19.6. The first kappa shape index (κ1) is 13.9. The molecule has 0 bridgehead atoms. The molecule has 0 aromatic heterocycles. The van der Waals surface area contributed by atoms with E-state index in [0.717, 1.165) is 0 Å². The molecular weight excluding hydrogens is 282 g/mol. The Hall–Kier alpha value is -1.54. The van der Waals surface area contributed by atoms with Gasteiger partial charge in [0.2, 0.25) is 0 Å². The number of aromatic carboxylic acids is 1. The Balaban J connectivity index is 2.57. The van der Waals surface area contributed by atoms with Crippen molar-refractivity contribution in [2.45, 2.75) is 16.6 Å². The van der Waals surface area contributed by atoms with E-state index in [1.54, 1.807) is 0 Å². The van der Waals surface area contributed by atoms with E-state index in [1.807, 2.05) is 0 Å². The highest BCUT2D eigenvalue weighted by Gasteiger charge is 2.34. The largest absolute Gasteiger partial charge is 0.478 e. The lowest BCUT2D eigenvalue weighted by Crippen LogP contribution is -2.23. The lowest BCUT2D eigenvalue weighted by atomic mass is 10.2. The van der Waals surface area contributed by atoms with E-state index in [0.29, 0.717) is 12.1 Å². The molecule has 5 nitrogen and oxygen atoms in total. The van der Waals surface area contributed by atoms with E-state index >= 15 is 0 Å². The number of ether oxygens (including phenoxy) is 1. The molecule has 2 rings (SSSR count). The van der Waals surface area contributed by atoms with E-state index in [9.17, 15) is 22.0 Å². The van der Waals surface area contributed by atoms with Crippen LogP contribution in [0.1, 0.15) is 16.8 Å². The fourth-order valence-corrected chi connectivity index (χ4v) is 3.51. The van der Waals surface area contributed by atoms with Gasteiger partial charge in [-0.1, -0.05) is 0 Å². The average Bonchev–Trinajstić information content (AvgIpc) is 2.86. The summed E-state index contributed by atoms with van der Waals surface area (Å²) in [5.74, 6) is -4.59. The molecule has 1 N–H and O–H groups in total. The van der Waals surface area contributed by atoms with Crippen LogP contribution in [-0.4, -0.2) is 38.0 Å². The SMILES string of the molecule is O=C(O)c1cc(F)c(F)c(S(=O)(=O)C2CCOC2)c1. The molecule has 19 heavy (non-hydrogen) atoms. The molecule has 1 heterocycles. The molecule has 0 spiro atoms. The summed E-state index contributed by atoms with van der Waals surface area (Å²) < 4.78 is 56.0. The Morgan fingerprint density at radius 1 is 1.37 bits per heavy atom. The smallest absolute Gasteiger partial charge is 0.335 e. The van der Waals surface area contributed by atoms with Crippen molar-refractivity contribution in [2.24, 2.45) is 0 Å². The van der Waals surface area contributed by atoms with Gasteiger partial charge in [0, 0.05) is 6.61 Å². The maximum absolute atomic E-state index is 13.6. The van der Waals surface area contributed by atoms with Crippen molar-refractivity contribution in [3.63, 3.8) is 0 Å². The van der Waals surface area contributed by atoms with Crippen LogP contribution >= 0.6 is 0 Å². The van der Waals surface area contributed by atoms with Crippen molar-refractivity contribution in [2.75, 3.05) is 13.2 Å². The van der Waals surface area contributed by atoms with Crippen molar-refractivity contribution in [3.8, 4) is 0 Å². The van der Waals surface area contributed by atoms with Crippen LogP contribution < -0.4 is 0 Å². The highest BCUT2D eigenvalue weighted by molar-refractivity contribution is 7.92. The molecule has 1 saturated heterocycles. The van der Waals surface area contributed by atoms with Crippen molar-refractivity contribution in [3.05, 3.63) is 29.3 Å². The van der Waals surface area contributed by atoms with Gasteiger partial charge in [0.15, 0.2) is 21.5 Å². The third-order valence-corrected chi connectivity index (χ3v) is 5.03. The molecular formula is C11H10F2O5S. The summed E-state index contributed by atoms with van der Waals surface area (Å²) in [5.41, 5.74) is -0.614. The summed E-state index contributed by atoms with van der Waals surface area (Å²) in [6.07, 6.45) is 0.167. The van der Waals surface area contributed by atoms with Gasteiger partial charge >= 0.3 is 5.97 Å². The molecule has 1 unspecified atom stereocenters. The zero-order chi connectivity index (χ0) is 14.2. The highest BCUT2D eigenvalue weighted by Crippen LogP contribution is 2.27. The minimum atomic E-state index is -4.15. The van der Waals surface area contributed by atoms with Crippen LogP contribution in [0, 0.1) is 11.6 Å². The molecule has 1 fully saturated rings. The third kappa shape index (κ3) is 2.45. The van der Waals surface area contributed by atoms with Gasteiger partial charge in [-0.05, 0) is 18.6 Å². The standard InChI is InChI=1S/C11H10F2O5S/c12-8-3-6(11(14)15)4-9(10(8)13)19(16,17)7-1-2-18-5-7/h3-4,7H,1-2,5H2,(H,14,15). The first-order valence-corrected chi connectivity index (χ1v) is 6.92. The summed E-state index contributed by atoms with van der Waals surface area (Å²) >= 11 is 0. The van der Waals surface area contributed by atoms with Crippen LogP contribution in [0.25, 0.3) is 0 Å². The zero-order valence-corrected chi connectivity index (χ0v) is 10.4. The summed E-state index contributed by atoms with van der Waals surface area (Å²) in [6, 6.07) is 1.08. The van der Waals surface area contributed by atoms with Gasteiger partial charge in [0.25, 0.3) is 0 Å². The Morgan fingerprint density at radius 3 is 2.58 bits per heavy atom. The van der Waals surface area contributed by atoms with Crippen LogP contribution in [-0.2, 0) is 14.6 Å². The fourth-order valence-electron chi connectivity index (χ4n) is 1.83. The molecule has 0 radical (unpaired) electrons. The number of sulfone groups is 1. The molecule has 0 amide bonds. The van der Waals surface area contributed by atoms with E-state index in [2.05, 4.69) is 0 Å². The van der Waals surface area contributed by atoms with Gasteiger partial charge in [-0.25, -0.2) is 22.0 Å². The lowest BCUT2D eigenvalue weighted by molar-refractivity contribution is 0.0696. The second kappa shape index (κ2) is 4.86. The molecule has 0 aliphatic carbocycles. The molecule has 0 saturated carbocycles. The summed E-state index contributed by atoms with van der Waals surface area (Å²) in [7, 11) is -4.15. The maximum Gasteiger partial charge on any atom is 0.335 e. The highest BCUT2D eigenvalue weighted by atomic mass is 32.2. The minimum absolute atomic E-state index is 0.110. The molecule has 104 valence electrons. The van der Waals surface area contributed by atoms with Crippen molar-refractivity contribution < 1.29 is 31.8 Å². The van der Waals surface area contributed by atoms with Gasteiger partial charge in [0.05, 0.1) is 17.4 Å². The lowest BCUT2D eigenvalue weighted by Gasteiger charge is -2.11. The zero-order valence-electron chi connectivity index (χ0n) is 9.60. The Labute approximate surface area is 107 Å². The van der Waals surface area contributed by atoms with Crippen molar-refractivity contribution >= 4 is 15.8 Å². The molecule has 8 heteroatoms. The summed E-state index contributed by atoms with van der Waals surface area (Å²) in [5, 5.41) is 7.77. The summed E-state index contributed by atoms with van der Waals surface area (Å²) in [6.45, 7) is 0.104. The molecule has 1 aromatic rings. The number of carbonyl (C=O) groups is 1. The van der Waals surface area contributed by atoms with Crippen LogP contribution in [0.4, 0.5) is 8.78 Å². The first-order valence-electron chi connectivity index (χ1n) is 5.38. The number of hydrogen-bond donors (Lipinski definition) is 1. The number of carboxylic acid groups (broad SMARTS) is 1. The van der Waals surface area contributed by atoms with Gasteiger partial charge < -0.3 is 9.84 Å². The average molecular weight is 292 g/mol. The number of benzene rings is 1. The maximum atomic E-state index is 13.6. The predicted molar refractivity (Wildman–Crippen MR) is 59.7 cm³/mol. The molecule has 1 aliphatic rings. The fraction of sp³-hybridized carbons (Fsp3) is 0.364. The summed E-state index contributed by atoms with van der Waals surface area (Å²) in [4.78, 5) is 9.83. The number of hydrogen-bond acceptors (Lipinski definition) is 4. The van der Waals surface area contributed by atoms with Gasteiger partial charge in [-0.15, -0.1) is 0 Å². The van der Waals surface area contributed by atoms with E-state index < -0.39 is 43.1 Å². The van der Waals surface area contributed by atoms with E-state index in [1.165, 1.54) is 0 Å². The Kier molecular flexibility index (Phi) is 3.55. The number of halogens is 2. The van der Waals surface area contributed by atoms with Crippen LogP contribution in [0.15, 0.2) is 17.0 Å². The van der Waals surface area contributed by atoms with E-state index in [4.69, 9.17) is 9.84 Å². The second-order valence-corrected chi connectivity index (χ2v) is 6.30.